The molecule has 0 radical (unpaired) electrons. The number of aromatic nitrogens is 3. The summed E-state index contributed by atoms with van der Waals surface area (Å²) in [7, 11) is 0. The Morgan fingerprint density at radius 3 is 1.00 bits per heavy atom. The number of halogens is 3. The second-order valence-corrected chi connectivity index (χ2v) is 10.0. The van der Waals surface area contributed by atoms with E-state index < -0.39 is 34.1 Å². The van der Waals surface area contributed by atoms with Crippen molar-refractivity contribution in [3.05, 3.63) is 160 Å². The largest absolute Gasteiger partial charge is 0.256 e. The van der Waals surface area contributed by atoms with Crippen molar-refractivity contribution in [3.63, 3.8) is 0 Å². The molecule has 7 aromatic rings. The van der Waals surface area contributed by atoms with E-state index in [0.717, 1.165) is 32.7 Å². The van der Waals surface area contributed by atoms with E-state index in [1.807, 2.05) is 18.2 Å². The Bertz CT molecular complexity index is 2200. The first kappa shape index (κ1) is 27.4. The fourth-order valence-electron chi connectivity index (χ4n) is 4.86. The highest BCUT2D eigenvalue weighted by atomic mass is 19.1. The van der Waals surface area contributed by atoms with Gasteiger partial charge in [0.05, 0.1) is 33.2 Å². The van der Waals surface area contributed by atoms with E-state index in [9.17, 15) is 0 Å². The Hall–Kier alpha value is -6.42. The molecule has 0 bridgehead atoms. The van der Waals surface area contributed by atoms with Crippen LogP contribution in [-0.4, -0.2) is 15.0 Å². The lowest BCUT2D eigenvalue weighted by atomic mass is 10.0. The van der Waals surface area contributed by atoms with Gasteiger partial charge in [0.15, 0.2) is 17.5 Å². The highest BCUT2D eigenvalue weighted by molar-refractivity contribution is 5.81. The van der Waals surface area contributed by atoms with E-state index in [4.69, 9.17) is 0 Å². The molecule has 0 unspecified atom stereocenters. The summed E-state index contributed by atoms with van der Waals surface area (Å²) < 4.78 is 47.6. The summed E-state index contributed by atoms with van der Waals surface area (Å²) in [5.74, 6) is 12.6. The molecule has 4 aromatic carbocycles. The number of nitrogens with zero attached hydrogens (tertiary/aromatic N) is 3. The molecule has 0 atom stereocenters. The van der Waals surface area contributed by atoms with Gasteiger partial charge in [0, 0.05) is 51.4 Å². The van der Waals surface area contributed by atoms with Crippen LogP contribution in [0.15, 0.2) is 110 Å². The molecule has 0 saturated carbocycles. The molecule has 0 aliphatic heterocycles. The van der Waals surface area contributed by atoms with E-state index in [1.165, 1.54) is 0 Å². The first-order valence-electron chi connectivity index (χ1n) is 13.8. The number of hydrogen-bond donors (Lipinski definition) is 0. The number of pyridine rings is 3. The molecule has 210 valence electrons. The quantitative estimate of drug-likeness (QED) is 0.170. The molecule has 0 saturated heterocycles. The fourth-order valence-corrected chi connectivity index (χ4v) is 4.86. The Kier molecular flexibility index (Phi) is 7.12. The molecule has 6 heteroatoms. The van der Waals surface area contributed by atoms with E-state index in [2.05, 4.69) is 50.5 Å². The van der Waals surface area contributed by atoms with Crippen molar-refractivity contribution in [2.24, 2.45) is 0 Å². The minimum atomic E-state index is -1.20. The topological polar surface area (TPSA) is 38.7 Å². The van der Waals surface area contributed by atoms with Gasteiger partial charge >= 0.3 is 0 Å². The molecule has 3 heterocycles. The maximum Gasteiger partial charge on any atom is 0.160 e. The minimum absolute atomic E-state index is 0.508. The Balaban J connectivity index is 1.37. The molecule has 0 amide bonds. The highest BCUT2D eigenvalue weighted by Gasteiger charge is 2.23. The van der Waals surface area contributed by atoms with Crippen molar-refractivity contribution in [2.75, 3.05) is 0 Å². The number of hydrogen-bond acceptors (Lipinski definition) is 3. The van der Waals surface area contributed by atoms with Gasteiger partial charge in [-0.2, -0.15) is 0 Å². The summed E-state index contributed by atoms with van der Waals surface area (Å²) in [5, 5.41) is 2.45. The van der Waals surface area contributed by atoms with Gasteiger partial charge in [-0.3, -0.25) is 15.0 Å². The summed E-state index contributed by atoms with van der Waals surface area (Å²) in [5.41, 5.74) is 1.92. The smallest absolute Gasteiger partial charge is 0.160 e. The molecule has 7 rings (SSSR count). The molecule has 0 N–H and O–H groups in total. The standard InChI is InChI=1S/C39H18F3N3/c40-37-31(13-7-25-10-16-34-28(22-25)4-1-19-43-34)38(41)33(15-9-27-12-18-36-30(24-27)6-3-21-45-36)39(42)32(37)14-8-26-11-17-35-29(23-26)5-2-20-44-35/h1-6,10-12,16-24H. The van der Waals surface area contributed by atoms with Crippen LogP contribution in [0.4, 0.5) is 13.2 Å². The van der Waals surface area contributed by atoms with E-state index in [0.29, 0.717) is 16.7 Å². The van der Waals surface area contributed by atoms with Crippen LogP contribution in [0, 0.1) is 53.0 Å². The second-order valence-electron chi connectivity index (χ2n) is 10.0. The Morgan fingerprint density at radius 1 is 0.378 bits per heavy atom. The second kappa shape index (κ2) is 11.7. The van der Waals surface area contributed by atoms with Crippen LogP contribution in [0.1, 0.15) is 33.4 Å². The minimum Gasteiger partial charge on any atom is -0.256 e. The zero-order valence-electron chi connectivity index (χ0n) is 23.4. The number of fused-ring (bicyclic) bond motifs is 3. The van der Waals surface area contributed by atoms with E-state index in [-0.39, 0.29) is 0 Å². The van der Waals surface area contributed by atoms with E-state index in [1.54, 1.807) is 91.4 Å². The van der Waals surface area contributed by atoms with Crippen LogP contribution >= 0.6 is 0 Å². The normalized spacial score (nSPS) is 10.5. The van der Waals surface area contributed by atoms with Gasteiger partial charge in [-0.05, 0) is 72.8 Å². The molecule has 0 aliphatic rings. The Labute approximate surface area is 256 Å². The van der Waals surface area contributed by atoms with Gasteiger partial charge < -0.3 is 0 Å². The number of rotatable bonds is 0. The predicted octanol–water partition coefficient (Wildman–Crippen LogP) is 7.95. The monoisotopic (exact) mass is 585 g/mol. The third-order valence-corrected chi connectivity index (χ3v) is 7.12. The maximum absolute atomic E-state index is 15.9. The first-order chi connectivity index (χ1) is 22.0. The SMILES string of the molecule is Fc1c(C#Cc2ccc3ncccc3c2)c(F)c(C#Cc2ccc3ncccc3c2)c(F)c1C#Cc1ccc2ncccc2c1. The maximum atomic E-state index is 15.9. The van der Waals surface area contributed by atoms with Crippen LogP contribution in [0.25, 0.3) is 32.7 Å². The van der Waals surface area contributed by atoms with Crippen molar-refractivity contribution in [3.8, 4) is 35.5 Å². The summed E-state index contributed by atoms with van der Waals surface area (Å²) in [6.07, 6.45) is 5.02. The summed E-state index contributed by atoms with van der Waals surface area (Å²) in [6, 6.07) is 26.6. The van der Waals surface area contributed by atoms with Crippen LogP contribution < -0.4 is 0 Å². The molecular weight excluding hydrogens is 567 g/mol. The molecule has 0 fully saturated rings. The van der Waals surface area contributed by atoms with Gasteiger partial charge in [-0.15, -0.1) is 0 Å². The molecule has 45 heavy (non-hydrogen) atoms. The van der Waals surface area contributed by atoms with Crippen molar-refractivity contribution < 1.29 is 13.2 Å². The van der Waals surface area contributed by atoms with Crippen molar-refractivity contribution in [2.45, 2.75) is 0 Å². The predicted molar refractivity (Wildman–Crippen MR) is 169 cm³/mol. The molecule has 0 spiro atoms. The van der Waals surface area contributed by atoms with Gasteiger partial charge in [0.25, 0.3) is 0 Å². The van der Waals surface area contributed by atoms with Crippen molar-refractivity contribution in [1.29, 1.82) is 0 Å². The lowest BCUT2D eigenvalue weighted by Gasteiger charge is -2.06. The van der Waals surface area contributed by atoms with E-state index >= 15 is 13.2 Å². The lowest BCUT2D eigenvalue weighted by Crippen LogP contribution is -2.04. The third kappa shape index (κ3) is 5.55. The molecular formula is C39H18F3N3. The lowest BCUT2D eigenvalue weighted by molar-refractivity contribution is 0.531. The van der Waals surface area contributed by atoms with Gasteiger partial charge in [0.1, 0.15) is 0 Å². The Morgan fingerprint density at radius 2 is 0.689 bits per heavy atom. The van der Waals surface area contributed by atoms with Gasteiger partial charge in [0.2, 0.25) is 0 Å². The molecule has 0 aliphatic carbocycles. The van der Waals surface area contributed by atoms with Crippen molar-refractivity contribution >= 4 is 32.7 Å². The van der Waals surface area contributed by atoms with Crippen molar-refractivity contribution in [1.82, 2.24) is 15.0 Å². The third-order valence-electron chi connectivity index (χ3n) is 7.12. The van der Waals surface area contributed by atoms with Gasteiger partial charge in [-0.25, -0.2) is 13.2 Å². The summed E-state index contributed by atoms with van der Waals surface area (Å²) in [4.78, 5) is 12.8. The fraction of sp³-hybridized carbons (Fsp3) is 0. The molecule has 3 aromatic heterocycles. The zero-order valence-corrected chi connectivity index (χ0v) is 23.4. The van der Waals surface area contributed by atoms with Crippen LogP contribution in [0.2, 0.25) is 0 Å². The van der Waals surface area contributed by atoms with Crippen LogP contribution in [-0.2, 0) is 0 Å². The average Bonchev–Trinajstić information content (AvgIpc) is 3.08. The number of benzene rings is 4. The van der Waals surface area contributed by atoms with Crippen LogP contribution in [0.5, 0.6) is 0 Å². The summed E-state index contributed by atoms with van der Waals surface area (Å²) in [6.45, 7) is 0. The van der Waals surface area contributed by atoms with Gasteiger partial charge in [-0.1, -0.05) is 53.7 Å². The highest BCUT2D eigenvalue weighted by Crippen LogP contribution is 2.25. The first-order valence-corrected chi connectivity index (χ1v) is 13.8. The average molecular weight is 586 g/mol. The zero-order chi connectivity index (χ0) is 30.8. The molecule has 3 nitrogen and oxygen atoms in total. The summed E-state index contributed by atoms with van der Waals surface area (Å²) >= 11 is 0. The van der Waals surface area contributed by atoms with Crippen LogP contribution in [0.3, 0.4) is 0 Å².